The van der Waals surface area contributed by atoms with Crippen molar-refractivity contribution < 1.29 is 4.79 Å². The van der Waals surface area contributed by atoms with Gasteiger partial charge in [0.2, 0.25) is 5.91 Å². The standard InChI is InChI=1S/C6H11NO.C2H6/c1-2-6(8)7-4-3-5-7;1-2/h2-5H2,1H3;1-2H3. The first-order valence-electron chi connectivity index (χ1n) is 4.12. The summed E-state index contributed by atoms with van der Waals surface area (Å²) in [6.45, 7) is 7.89. The molecule has 1 heterocycles. The van der Waals surface area contributed by atoms with E-state index in [-0.39, 0.29) is 0 Å². The minimum absolute atomic E-state index is 0.302. The van der Waals surface area contributed by atoms with Gasteiger partial charge in [0.1, 0.15) is 0 Å². The zero-order valence-corrected chi connectivity index (χ0v) is 7.18. The highest BCUT2D eigenvalue weighted by atomic mass is 16.2. The maximum atomic E-state index is 10.7. The molecular weight excluding hydrogens is 126 g/mol. The number of hydrogen-bond acceptors (Lipinski definition) is 1. The summed E-state index contributed by atoms with van der Waals surface area (Å²) in [5, 5.41) is 0. The fourth-order valence-electron chi connectivity index (χ4n) is 0.789. The average Bonchev–Trinajstić information content (AvgIpc) is 1.89. The Bertz CT molecular complexity index is 97.4. The van der Waals surface area contributed by atoms with Gasteiger partial charge in [0, 0.05) is 19.5 Å². The first-order chi connectivity index (χ1) is 4.84. The molecule has 0 aromatic heterocycles. The summed E-state index contributed by atoms with van der Waals surface area (Å²) in [7, 11) is 0. The SMILES string of the molecule is CC.CCC(=O)N1CCC1. The summed E-state index contributed by atoms with van der Waals surface area (Å²) in [5.74, 6) is 0.302. The first kappa shape index (κ1) is 9.47. The van der Waals surface area contributed by atoms with E-state index >= 15 is 0 Å². The average molecular weight is 143 g/mol. The van der Waals surface area contributed by atoms with E-state index in [1.54, 1.807) is 0 Å². The zero-order valence-electron chi connectivity index (χ0n) is 7.18. The molecule has 0 saturated carbocycles. The van der Waals surface area contributed by atoms with Crippen LogP contribution in [0.3, 0.4) is 0 Å². The number of carbonyl (C=O) groups is 1. The van der Waals surface area contributed by atoms with Crippen LogP contribution in [-0.2, 0) is 4.79 Å². The highest BCUT2D eigenvalue weighted by Crippen LogP contribution is 2.06. The highest BCUT2D eigenvalue weighted by Gasteiger charge is 2.17. The van der Waals surface area contributed by atoms with E-state index in [0.717, 1.165) is 13.1 Å². The van der Waals surface area contributed by atoms with Crippen LogP contribution in [0.1, 0.15) is 33.6 Å². The third kappa shape index (κ3) is 2.38. The lowest BCUT2D eigenvalue weighted by atomic mass is 10.2. The Kier molecular flexibility index (Phi) is 4.99. The number of nitrogens with zero attached hydrogens (tertiary/aromatic N) is 1. The van der Waals surface area contributed by atoms with Crippen LogP contribution in [-0.4, -0.2) is 23.9 Å². The molecular formula is C8H17NO. The summed E-state index contributed by atoms with van der Waals surface area (Å²) in [6, 6.07) is 0. The highest BCUT2D eigenvalue weighted by molar-refractivity contribution is 5.76. The van der Waals surface area contributed by atoms with Gasteiger partial charge in [0.15, 0.2) is 0 Å². The van der Waals surface area contributed by atoms with Crippen LogP contribution in [0.15, 0.2) is 0 Å². The fourth-order valence-corrected chi connectivity index (χ4v) is 0.789. The molecule has 0 N–H and O–H groups in total. The number of carbonyl (C=O) groups excluding carboxylic acids is 1. The lowest BCUT2D eigenvalue weighted by molar-refractivity contribution is -0.134. The van der Waals surface area contributed by atoms with Crippen LogP contribution in [0.25, 0.3) is 0 Å². The van der Waals surface area contributed by atoms with E-state index in [2.05, 4.69) is 0 Å². The molecule has 0 unspecified atom stereocenters. The van der Waals surface area contributed by atoms with Crippen LogP contribution >= 0.6 is 0 Å². The summed E-state index contributed by atoms with van der Waals surface area (Å²) in [5.41, 5.74) is 0. The molecule has 1 fully saturated rings. The van der Waals surface area contributed by atoms with Gasteiger partial charge >= 0.3 is 0 Å². The predicted octanol–water partition coefficient (Wildman–Crippen LogP) is 1.65. The number of amides is 1. The fraction of sp³-hybridized carbons (Fsp3) is 0.875. The van der Waals surface area contributed by atoms with Gasteiger partial charge in [-0.1, -0.05) is 20.8 Å². The summed E-state index contributed by atoms with van der Waals surface area (Å²) < 4.78 is 0. The Labute approximate surface area is 63.2 Å². The lowest BCUT2D eigenvalue weighted by Crippen LogP contribution is -2.41. The van der Waals surface area contributed by atoms with Gasteiger partial charge in [-0.2, -0.15) is 0 Å². The van der Waals surface area contributed by atoms with Gasteiger partial charge in [0.05, 0.1) is 0 Å². The molecule has 2 nitrogen and oxygen atoms in total. The zero-order chi connectivity index (χ0) is 7.98. The van der Waals surface area contributed by atoms with Crippen LogP contribution in [0, 0.1) is 0 Å². The van der Waals surface area contributed by atoms with E-state index in [9.17, 15) is 4.79 Å². The van der Waals surface area contributed by atoms with Crippen LogP contribution < -0.4 is 0 Å². The minimum atomic E-state index is 0.302. The van der Waals surface area contributed by atoms with Crippen molar-refractivity contribution in [1.29, 1.82) is 0 Å². The Hall–Kier alpha value is -0.530. The maximum absolute atomic E-state index is 10.7. The van der Waals surface area contributed by atoms with Crippen molar-refractivity contribution in [3.63, 3.8) is 0 Å². The van der Waals surface area contributed by atoms with Gasteiger partial charge < -0.3 is 4.90 Å². The van der Waals surface area contributed by atoms with Crippen molar-refractivity contribution in [2.24, 2.45) is 0 Å². The topological polar surface area (TPSA) is 20.3 Å². The third-order valence-electron chi connectivity index (χ3n) is 1.51. The second-order valence-corrected chi connectivity index (χ2v) is 2.09. The monoisotopic (exact) mass is 143 g/mol. The van der Waals surface area contributed by atoms with Gasteiger partial charge in [-0.3, -0.25) is 4.79 Å². The summed E-state index contributed by atoms with van der Waals surface area (Å²) in [6.07, 6.45) is 1.87. The van der Waals surface area contributed by atoms with Crippen LogP contribution in [0.2, 0.25) is 0 Å². The molecule has 1 amide bonds. The second-order valence-electron chi connectivity index (χ2n) is 2.09. The second kappa shape index (κ2) is 5.27. The van der Waals surface area contributed by atoms with Crippen LogP contribution in [0.4, 0.5) is 0 Å². The normalized spacial score (nSPS) is 14.9. The Morgan fingerprint density at radius 3 is 2.00 bits per heavy atom. The first-order valence-corrected chi connectivity index (χ1v) is 4.12. The molecule has 1 aliphatic rings. The van der Waals surface area contributed by atoms with E-state index in [1.807, 2.05) is 25.7 Å². The molecule has 0 radical (unpaired) electrons. The van der Waals surface area contributed by atoms with Crippen molar-refractivity contribution in [3.05, 3.63) is 0 Å². The molecule has 0 aromatic rings. The third-order valence-corrected chi connectivity index (χ3v) is 1.51. The number of hydrogen-bond donors (Lipinski definition) is 0. The van der Waals surface area contributed by atoms with E-state index in [1.165, 1.54) is 6.42 Å². The van der Waals surface area contributed by atoms with Crippen molar-refractivity contribution in [2.45, 2.75) is 33.6 Å². The van der Waals surface area contributed by atoms with Gasteiger partial charge in [-0.05, 0) is 6.42 Å². The van der Waals surface area contributed by atoms with E-state index in [0.29, 0.717) is 12.3 Å². The smallest absolute Gasteiger partial charge is 0.222 e. The molecule has 0 spiro atoms. The molecule has 1 aliphatic heterocycles. The molecule has 0 bridgehead atoms. The molecule has 0 atom stereocenters. The Balaban J connectivity index is 0.000000371. The lowest BCUT2D eigenvalue weighted by Gasteiger charge is -2.30. The predicted molar refractivity (Wildman–Crippen MR) is 42.8 cm³/mol. The number of rotatable bonds is 1. The molecule has 1 rings (SSSR count). The van der Waals surface area contributed by atoms with E-state index in [4.69, 9.17) is 0 Å². The molecule has 0 aromatic carbocycles. The molecule has 2 heteroatoms. The Morgan fingerprint density at radius 1 is 1.40 bits per heavy atom. The van der Waals surface area contributed by atoms with Gasteiger partial charge in [0.25, 0.3) is 0 Å². The minimum Gasteiger partial charge on any atom is -0.343 e. The molecule has 60 valence electrons. The molecule has 10 heavy (non-hydrogen) atoms. The van der Waals surface area contributed by atoms with Gasteiger partial charge in [-0.25, -0.2) is 0 Å². The maximum Gasteiger partial charge on any atom is 0.222 e. The van der Waals surface area contributed by atoms with E-state index < -0.39 is 0 Å². The summed E-state index contributed by atoms with van der Waals surface area (Å²) in [4.78, 5) is 12.6. The summed E-state index contributed by atoms with van der Waals surface area (Å²) >= 11 is 0. The van der Waals surface area contributed by atoms with Crippen molar-refractivity contribution >= 4 is 5.91 Å². The van der Waals surface area contributed by atoms with Crippen molar-refractivity contribution in [2.75, 3.05) is 13.1 Å². The Morgan fingerprint density at radius 2 is 1.90 bits per heavy atom. The quantitative estimate of drug-likeness (QED) is 0.546. The van der Waals surface area contributed by atoms with Crippen LogP contribution in [0.5, 0.6) is 0 Å². The van der Waals surface area contributed by atoms with Crippen molar-refractivity contribution in [3.8, 4) is 0 Å². The van der Waals surface area contributed by atoms with Crippen molar-refractivity contribution in [1.82, 2.24) is 4.90 Å². The number of likely N-dealkylation sites (tertiary alicyclic amines) is 1. The molecule has 0 aliphatic carbocycles. The molecule has 1 saturated heterocycles. The largest absolute Gasteiger partial charge is 0.343 e. The van der Waals surface area contributed by atoms with Gasteiger partial charge in [-0.15, -0.1) is 0 Å².